The SMILES string of the molecule is C[C@H]1OCc2c1c(N)nc1ccc(C(=O)N3C[C@H](c4ccc(Cl)cc4)[C@@H](O)C3)cc21. The molecule has 5 rings (SSSR count). The van der Waals surface area contributed by atoms with E-state index >= 15 is 0 Å². The lowest BCUT2D eigenvalue weighted by Gasteiger charge is -2.17. The number of nitrogens with zero attached hydrogens (tertiary/aromatic N) is 2. The number of pyridine rings is 1. The molecule has 1 fully saturated rings. The van der Waals surface area contributed by atoms with Crippen LogP contribution in [-0.4, -0.2) is 40.1 Å². The quantitative estimate of drug-likeness (QED) is 0.656. The zero-order valence-corrected chi connectivity index (χ0v) is 17.3. The number of rotatable bonds is 2. The number of fused-ring (bicyclic) bond motifs is 3. The number of benzene rings is 2. The number of hydrogen-bond acceptors (Lipinski definition) is 5. The molecule has 3 aromatic rings. The maximum atomic E-state index is 13.2. The first kappa shape index (κ1) is 19.3. The van der Waals surface area contributed by atoms with Gasteiger partial charge in [-0.2, -0.15) is 0 Å². The molecule has 2 aliphatic rings. The van der Waals surface area contributed by atoms with Crippen LogP contribution in [0.4, 0.5) is 5.82 Å². The minimum Gasteiger partial charge on any atom is -0.391 e. The van der Waals surface area contributed by atoms with Gasteiger partial charge in [-0.1, -0.05) is 23.7 Å². The second-order valence-electron chi connectivity index (χ2n) is 8.01. The van der Waals surface area contributed by atoms with Crippen molar-refractivity contribution < 1.29 is 14.6 Å². The Hall–Kier alpha value is -2.67. The molecule has 0 radical (unpaired) electrons. The first-order valence-electron chi connectivity index (χ1n) is 9.99. The minimum absolute atomic E-state index is 0.106. The number of nitrogens with two attached hydrogens (primary N) is 1. The van der Waals surface area contributed by atoms with Crippen molar-refractivity contribution in [2.75, 3.05) is 18.8 Å². The van der Waals surface area contributed by atoms with Crippen LogP contribution in [0.2, 0.25) is 5.02 Å². The second-order valence-corrected chi connectivity index (χ2v) is 8.45. The Balaban J connectivity index is 1.45. The summed E-state index contributed by atoms with van der Waals surface area (Å²) >= 11 is 5.97. The molecule has 30 heavy (non-hydrogen) atoms. The van der Waals surface area contributed by atoms with Crippen molar-refractivity contribution in [3.05, 3.63) is 69.7 Å². The van der Waals surface area contributed by atoms with Crippen LogP contribution in [0.3, 0.4) is 0 Å². The molecule has 6 nitrogen and oxygen atoms in total. The van der Waals surface area contributed by atoms with E-state index in [1.165, 1.54) is 0 Å². The number of aromatic nitrogens is 1. The molecule has 3 heterocycles. The summed E-state index contributed by atoms with van der Waals surface area (Å²) in [5.41, 5.74) is 10.3. The molecule has 7 heteroatoms. The van der Waals surface area contributed by atoms with E-state index in [0.717, 1.165) is 27.6 Å². The summed E-state index contributed by atoms with van der Waals surface area (Å²) in [4.78, 5) is 19.4. The van der Waals surface area contributed by atoms with Gasteiger partial charge >= 0.3 is 0 Å². The first-order valence-corrected chi connectivity index (χ1v) is 10.4. The van der Waals surface area contributed by atoms with Crippen LogP contribution >= 0.6 is 11.6 Å². The number of aliphatic hydroxyl groups excluding tert-OH is 1. The summed E-state index contributed by atoms with van der Waals surface area (Å²) in [6.07, 6.45) is -0.722. The molecular weight excluding hydrogens is 402 g/mol. The fourth-order valence-corrected chi connectivity index (χ4v) is 4.70. The number of β-amino-alcohol motifs (C(OH)–C–C–N with tert-alkyl or cyclic N) is 1. The van der Waals surface area contributed by atoms with E-state index in [1.54, 1.807) is 23.1 Å². The Labute approximate surface area is 179 Å². The molecule has 0 unspecified atom stereocenters. The van der Waals surface area contributed by atoms with Crippen molar-refractivity contribution in [1.29, 1.82) is 0 Å². The molecule has 2 aliphatic heterocycles. The highest BCUT2D eigenvalue weighted by Crippen LogP contribution is 2.38. The zero-order chi connectivity index (χ0) is 21.0. The number of halogens is 1. The minimum atomic E-state index is -0.615. The largest absolute Gasteiger partial charge is 0.391 e. The number of likely N-dealkylation sites (tertiary alicyclic amines) is 1. The molecule has 3 atom stereocenters. The van der Waals surface area contributed by atoms with Gasteiger partial charge in [0.1, 0.15) is 5.82 Å². The smallest absolute Gasteiger partial charge is 0.253 e. The van der Waals surface area contributed by atoms with Gasteiger partial charge in [-0.05, 0) is 48.4 Å². The van der Waals surface area contributed by atoms with E-state index in [0.29, 0.717) is 36.1 Å². The number of carbonyl (C=O) groups excluding carboxylic acids is 1. The van der Waals surface area contributed by atoms with Crippen molar-refractivity contribution >= 4 is 34.2 Å². The summed E-state index contributed by atoms with van der Waals surface area (Å²) in [5.74, 6) is 0.242. The van der Waals surface area contributed by atoms with Crippen molar-refractivity contribution in [2.45, 2.75) is 31.7 Å². The van der Waals surface area contributed by atoms with Gasteiger partial charge in [-0.25, -0.2) is 4.98 Å². The van der Waals surface area contributed by atoms with Crippen LogP contribution in [0.1, 0.15) is 46.0 Å². The summed E-state index contributed by atoms with van der Waals surface area (Å²) in [6, 6.07) is 12.9. The van der Waals surface area contributed by atoms with E-state index in [-0.39, 0.29) is 17.9 Å². The van der Waals surface area contributed by atoms with Crippen LogP contribution in [0, 0.1) is 0 Å². The number of amides is 1. The first-order chi connectivity index (χ1) is 14.4. The molecule has 0 bridgehead atoms. The molecule has 3 N–H and O–H groups in total. The highest BCUT2D eigenvalue weighted by molar-refractivity contribution is 6.30. The molecular formula is C23H22ClN3O3. The molecule has 154 valence electrons. The van der Waals surface area contributed by atoms with Crippen LogP contribution < -0.4 is 5.73 Å². The Morgan fingerprint density at radius 3 is 2.77 bits per heavy atom. The third-order valence-corrected chi connectivity index (χ3v) is 6.42. The monoisotopic (exact) mass is 423 g/mol. The van der Waals surface area contributed by atoms with Crippen molar-refractivity contribution in [2.24, 2.45) is 0 Å². The van der Waals surface area contributed by atoms with Gasteiger partial charge in [-0.15, -0.1) is 0 Å². The van der Waals surface area contributed by atoms with E-state index in [4.69, 9.17) is 22.1 Å². The number of anilines is 1. The van der Waals surface area contributed by atoms with Crippen LogP contribution in [0.5, 0.6) is 0 Å². The predicted molar refractivity (Wildman–Crippen MR) is 115 cm³/mol. The van der Waals surface area contributed by atoms with E-state index in [9.17, 15) is 9.90 Å². The van der Waals surface area contributed by atoms with Gasteiger partial charge in [0.2, 0.25) is 0 Å². The molecule has 1 amide bonds. The lowest BCUT2D eigenvalue weighted by molar-refractivity contribution is 0.0764. The van der Waals surface area contributed by atoms with Gasteiger partial charge in [0, 0.05) is 40.5 Å². The lowest BCUT2D eigenvalue weighted by atomic mass is 9.96. The Bertz CT molecular complexity index is 1150. The normalized spacial score (nSPS) is 23.2. The van der Waals surface area contributed by atoms with Gasteiger partial charge in [-0.3, -0.25) is 4.79 Å². The molecule has 2 aromatic carbocycles. The van der Waals surface area contributed by atoms with Crippen LogP contribution in [0.15, 0.2) is 42.5 Å². The topological polar surface area (TPSA) is 88.7 Å². The zero-order valence-electron chi connectivity index (χ0n) is 16.5. The number of carbonyl (C=O) groups is 1. The summed E-state index contributed by atoms with van der Waals surface area (Å²) < 4.78 is 5.74. The van der Waals surface area contributed by atoms with Gasteiger partial charge in [0.15, 0.2) is 0 Å². The van der Waals surface area contributed by atoms with Crippen LogP contribution in [-0.2, 0) is 11.3 Å². The number of nitrogen functional groups attached to an aromatic ring is 1. The van der Waals surface area contributed by atoms with Crippen molar-refractivity contribution in [1.82, 2.24) is 9.88 Å². The van der Waals surface area contributed by atoms with E-state index < -0.39 is 6.10 Å². The number of aliphatic hydroxyl groups is 1. The summed E-state index contributed by atoms with van der Waals surface area (Å²) in [5, 5.41) is 12.1. The van der Waals surface area contributed by atoms with Gasteiger partial charge in [0.05, 0.1) is 24.3 Å². The number of hydrogen-bond donors (Lipinski definition) is 2. The average Bonchev–Trinajstić information content (AvgIpc) is 3.32. The average molecular weight is 424 g/mol. The third kappa shape index (κ3) is 3.12. The van der Waals surface area contributed by atoms with Crippen molar-refractivity contribution in [3.63, 3.8) is 0 Å². The predicted octanol–water partition coefficient (Wildman–Crippen LogP) is 3.66. The number of ether oxygens (including phenoxy) is 1. The summed E-state index contributed by atoms with van der Waals surface area (Å²) in [6.45, 7) is 3.16. The highest BCUT2D eigenvalue weighted by atomic mass is 35.5. The molecule has 0 spiro atoms. The van der Waals surface area contributed by atoms with Gasteiger partial charge < -0.3 is 20.5 Å². The Morgan fingerprint density at radius 2 is 2.00 bits per heavy atom. The highest BCUT2D eigenvalue weighted by Gasteiger charge is 2.35. The van der Waals surface area contributed by atoms with Crippen molar-refractivity contribution in [3.8, 4) is 0 Å². The fraction of sp³-hybridized carbons (Fsp3) is 0.304. The molecule has 0 saturated carbocycles. The Morgan fingerprint density at radius 1 is 1.23 bits per heavy atom. The molecule has 1 aromatic heterocycles. The second kappa shape index (κ2) is 7.23. The Kier molecular flexibility index (Phi) is 4.65. The maximum Gasteiger partial charge on any atom is 0.253 e. The third-order valence-electron chi connectivity index (χ3n) is 6.17. The van der Waals surface area contributed by atoms with E-state index in [2.05, 4.69) is 4.98 Å². The summed E-state index contributed by atoms with van der Waals surface area (Å²) in [7, 11) is 0. The maximum absolute atomic E-state index is 13.2. The molecule has 0 aliphatic carbocycles. The van der Waals surface area contributed by atoms with Crippen LogP contribution in [0.25, 0.3) is 10.9 Å². The standard InChI is InChI=1S/C23H22ClN3O3/c1-12-21-18(11-30-12)16-8-14(4-7-19(16)26-22(21)25)23(29)27-9-17(20(28)10-27)13-2-5-15(24)6-3-13/h2-8,12,17,20,28H,9-11H2,1H3,(H2,25,26)/t12-,17-,20+/m1/s1. The molecule has 1 saturated heterocycles. The lowest BCUT2D eigenvalue weighted by Crippen LogP contribution is -2.29. The van der Waals surface area contributed by atoms with Gasteiger partial charge in [0.25, 0.3) is 5.91 Å². The van der Waals surface area contributed by atoms with E-state index in [1.807, 2.05) is 31.2 Å². The fourth-order valence-electron chi connectivity index (χ4n) is 4.57.